The number of alkyl halides is 3. The van der Waals surface area contributed by atoms with Crippen LogP contribution in [0, 0.1) is 0 Å². The van der Waals surface area contributed by atoms with E-state index in [2.05, 4.69) is 20.9 Å². The molecule has 27 heavy (non-hydrogen) atoms. The molecular weight excluding hydrogens is 425 g/mol. The second-order valence-corrected chi connectivity index (χ2v) is 7.86. The van der Waals surface area contributed by atoms with Crippen molar-refractivity contribution in [3.63, 3.8) is 0 Å². The molecule has 0 saturated heterocycles. The van der Waals surface area contributed by atoms with Crippen LogP contribution in [0.15, 0.2) is 47.1 Å². The van der Waals surface area contributed by atoms with Gasteiger partial charge in [-0.25, -0.2) is 9.36 Å². The van der Waals surface area contributed by atoms with Crippen LogP contribution in [0.1, 0.15) is 26.3 Å². The van der Waals surface area contributed by atoms with Gasteiger partial charge in [0.2, 0.25) is 0 Å². The summed E-state index contributed by atoms with van der Waals surface area (Å²) in [5.74, 6) is 0. The van der Waals surface area contributed by atoms with Crippen LogP contribution in [0.5, 0.6) is 0 Å². The number of ether oxygens (including phenoxy) is 1. The summed E-state index contributed by atoms with van der Waals surface area (Å²) in [5, 5.41) is 0. The normalized spacial score (nSPS) is 12.4. The molecule has 0 radical (unpaired) electrons. The first-order chi connectivity index (χ1) is 12.5. The third kappa shape index (κ3) is 4.00. The summed E-state index contributed by atoms with van der Waals surface area (Å²) in [7, 11) is 0. The van der Waals surface area contributed by atoms with Gasteiger partial charge in [-0.2, -0.15) is 13.2 Å². The van der Waals surface area contributed by atoms with E-state index < -0.39 is 23.4 Å². The van der Waals surface area contributed by atoms with Crippen molar-refractivity contribution >= 4 is 33.1 Å². The lowest BCUT2D eigenvalue weighted by atomic mass is 10.0. The van der Waals surface area contributed by atoms with Gasteiger partial charge in [-0.15, -0.1) is 0 Å². The molecule has 3 rings (SSSR count). The third-order valence-corrected chi connectivity index (χ3v) is 4.14. The summed E-state index contributed by atoms with van der Waals surface area (Å²) in [6.45, 7) is 5.07. The largest absolute Gasteiger partial charge is 0.443 e. The van der Waals surface area contributed by atoms with Crippen LogP contribution >= 0.6 is 15.9 Å². The summed E-state index contributed by atoms with van der Waals surface area (Å²) in [4.78, 5) is 17.0. The SMILES string of the molecule is CC(C)(C)OC(=O)n1c(-c2ccccc2C(F)(F)F)cc2ncc(Br)cc21. The van der Waals surface area contributed by atoms with Crippen molar-refractivity contribution in [2.45, 2.75) is 32.5 Å². The van der Waals surface area contributed by atoms with Crippen molar-refractivity contribution in [1.82, 2.24) is 9.55 Å². The van der Waals surface area contributed by atoms with Gasteiger partial charge in [-0.3, -0.25) is 4.98 Å². The maximum absolute atomic E-state index is 13.5. The molecular formula is C19H16BrF3N2O2. The number of halogens is 4. The highest BCUT2D eigenvalue weighted by Crippen LogP contribution is 2.39. The van der Waals surface area contributed by atoms with Crippen LogP contribution < -0.4 is 0 Å². The number of carbonyl (C=O) groups is 1. The molecule has 0 fully saturated rings. The summed E-state index contributed by atoms with van der Waals surface area (Å²) in [5.41, 5.74) is -0.963. The highest BCUT2D eigenvalue weighted by atomic mass is 79.9. The van der Waals surface area contributed by atoms with Gasteiger partial charge in [0.25, 0.3) is 0 Å². The Labute approximate surface area is 162 Å². The molecule has 2 aromatic heterocycles. The zero-order chi connectivity index (χ0) is 20.0. The Morgan fingerprint density at radius 1 is 1.15 bits per heavy atom. The Hall–Kier alpha value is -2.35. The zero-order valence-corrected chi connectivity index (χ0v) is 16.4. The van der Waals surface area contributed by atoms with Crippen molar-refractivity contribution in [3.05, 3.63) is 52.6 Å². The number of nitrogens with zero attached hydrogens (tertiary/aromatic N) is 2. The number of aromatic nitrogens is 2. The first-order valence-electron chi connectivity index (χ1n) is 8.04. The molecule has 0 saturated carbocycles. The van der Waals surface area contributed by atoms with Crippen molar-refractivity contribution in [1.29, 1.82) is 0 Å². The van der Waals surface area contributed by atoms with E-state index in [0.717, 1.165) is 10.6 Å². The van der Waals surface area contributed by atoms with Gasteiger partial charge in [-0.05, 0) is 54.9 Å². The average Bonchev–Trinajstić information content (AvgIpc) is 2.91. The fourth-order valence-electron chi connectivity index (χ4n) is 2.71. The minimum Gasteiger partial charge on any atom is -0.443 e. The maximum Gasteiger partial charge on any atom is 0.419 e. The maximum atomic E-state index is 13.5. The molecule has 8 heteroatoms. The lowest BCUT2D eigenvalue weighted by Crippen LogP contribution is -2.27. The highest BCUT2D eigenvalue weighted by Gasteiger charge is 2.35. The number of pyridine rings is 1. The van der Waals surface area contributed by atoms with Crippen molar-refractivity contribution in [2.24, 2.45) is 0 Å². The molecule has 4 nitrogen and oxygen atoms in total. The van der Waals surface area contributed by atoms with E-state index in [1.54, 1.807) is 26.8 Å². The number of hydrogen-bond acceptors (Lipinski definition) is 3. The van der Waals surface area contributed by atoms with Gasteiger partial charge in [0, 0.05) is 16.2 Å². The molecule has 3 aromatic rings. The highest BCUT2D eigenvalue weighted by molar-refractivity contribution is 9.10. The number of fused-ring (bicyclic) bond motifs is 1. The Morgan fingerprint density at radius 3 is 2.44 bits per heavy atom. The van der Waals surface area contributed by atoms with Crippen molar-refractivity contribution in [3.8, 4) is 11.3 Å². The van der Waals surface area contributed by atoms with Gasteiger partial charge in [-0.1, -0.05) is 18.2 Å². The van der Waals surface area contributed by atoms with Crippen LogP contribution in [0.2, 0.25) is 0 Å². The molecule has 142 valence electrons. The number of carbonyl (C=O) groups excluding carboxylic acids is 1. The number of rotatable bonds is 1. The van der Waals surface area contributed by atoms with Gasteiger partial charge in [0.15, 0.2) is 0 Å². The number of benzene rings is 1. The van der Waals surface area contributed by atoms with Crippen molar-refractivity contribution < 1.29 is 22.7 Å². The minimum absolute atomic E-state index is 0.0674. The molecule has 0 aliphatic heterocycles. The molecule has 1 aromatic carbocycles. The lowest BCUT2D eigenvalue weighted by molar-refractivity contribution is -0.137. The number of hydrogen-bond donors (Lipinski definition) is 0. The van der Waals surface area contributed by atoms with Crippen LogP contribution in [0.3, 0.4) is 0 Å². The Balaban J connectivity index is 2.32. The third-order valence-electron chi connectivity index (χ3n) is 3.70. The molecule has 0 atom stereocenters. The fraction of sp³-hybridized carbons (Fsp3) is 0.263. The molecule has 0 aliphatic rings. The van der Waals surface area contributed by atoms with Gasteiger partial charge >= 0.3 is 12.3 Å². The first kappa shape index (κ1) is 19.4. The molecule has 0 aliphatic carbocycles. The quantitative estimate of drug-likeness (QED) is 0.447. The summed E-state index contributed by atoms with van der Waals surface area (Å²) in [6, 6.07) is 8.18. The predicted molar refractivity (Wildman–Crippen MR) is 99.5 cm³/mol. The van der Waals surface area contributed by atoms with E-state index in [4.69, 9.17) is 4.74 Å². The van der Waals surface area contributed by atoms with Crippen LogP contribution in [0.25, 0.3) is 22.3 Å². The summed E-state index contributed by atoms with van der Waals surface area (Å²) in [6.07, 6.45) is -3.83. The lowest BCUT2D eigenvalue weighted by Gasteiger charge is -2.21. The smallest absolute Gasteiger partial charge is 0.419 e. The Morgan fingerprint density at radius 2 is 1.81 bits per heavy atom. The molecule has 0 unspecified atom stereocenters. The van der Waals surface area contributed by atoms with Crippen molar-refractivity contribution in [2.75, 3.05) is 0 Å². The summed E-state index contributed by atoms with van der Waals surface area (Å²) < 4.78 is 47.7. The molecule has 0 spiro atoms. The zero-order valence-electron chi connectivity index (χ0n) is 14.8. The van der Waals surface area contributed by atoms with Gasteiger partial charge in [0.1, 0.15) is 5.60 Å². The summed E-state index contributed by atoms with van der Waals surface area (Å²) >= 11 is 3.28. The first-order valence-corrected chi connectivity index (χ1v) is 8.83. The van der Waals surface area contributed by atoms with E-state index >= 15 is 0 Å². The molecule has 0 N–H and O–H groups in total. The Bertz CT molecular complexity index is 1020. The van der Waals surface area contributed by atoms with E-state index in [-0.39, 0.29) is 11.3 Å². The van der Waals surface area contributed by atoms with Crippen LogP contribution in [0.4, 0.5) is 18.0 Å². The molecule has 0 bridgehead atoms. The second kappa shape index (κ2) is 6.67. The van der Waals surface area contributed by atoms with E-state index in [1.165, 1.54) is 30.5 Å². The van der Waals surface area contributed by atoms with Crippen LogP contribution in [-0.2, 0) is 10.9 Å². The predicted octanol–water partition coefficient (Wildman–Crippen LogP) is 6.27. The standard InChI is InChI=1S/C19H16BrF3N2O2/c1-18(2,3)27-17(26)25-15(9-14-16(25)8-11(20)10-24-14)12-6-4-5-7-13(12)19(21,22)23/h4-10H,1-3H3. The van der Waals surface area contributed by atoms with Crippen LogP contribution in [-0.4, -0.2) is 21.2 Å². The molecule has 0 amide bonds. The Kier molecular flexibility index (Phi) is 4.80. The monoisotopic (exact) mass is 440 g/mol. The minimum atomic E-state index is -4.57. The second-order valence-electron chi connectivity index (χ2n) is 6.95. The van der Waals surface area contributed by atoms with Gasteiger partial charge < -0.3 is 4.74 Å². The van der Waals surface area contributed by atoms with E-state index in [0.29, 0.717) is 15.5 Å². The topological polar surface area (TPSA) is 44.1 Å². The molecule has 2 heterocycles. The van der Waals surface area contributed by atoms with E-state index in [9.17, 15) is 18.0 Å². The van der Waals surface area contributed by atoms with Gasteiger partial charge in [0.05, 0.1) is 22.3 Å². The fourth-order valence-corrected chi connectivity index (χ4v) is 3.03. The average molecular weight is 441 g/mol. The van der Waals surface area contributed by atoms with E-state index in [1.807, 2.05) is 0 Å².